The number of nitrogens with two attached hydrogens (primary N) is 1. The summed E-state index contributed by atoms with van der Waals surface area (Å²) < 4.78 is 15.3. The van der Waals surface area contributed by atoms with Crippen LogP contribution in [0.1, 0.15) is 54.9 Å². The molecule has 3 aromatic rings. The Kier molecular flexibility index (Phi) is 7.66. The van der Waals surface area contributed by atoms with Crippen LogP contribution >= 0.6 is 0 Å². The van der Waals surface area contributed by atoms with Crippen molar-refractivity contribution in [3.05, 3.63) is 77.0 Å². The monoisotopic (exact) mass is 485 g/mol. The number of anilines is 1. The largest absolute Gasteiger partial charge is 0.384 e. The van der Waals surface area contributed by atoms with E-state index >= 15 is 4.39 Å². The number of carbonyl (C=O) groups excluding carboxylic acids is 1. The number of hydrogen-bond donors (Lipinski definition) is 1. The van der Waals surface area contributed by atoms with Crippen LogP contribution in [0.3, 0.4) is 0 Å². The number of rotatable bonds is 4. The molecule has 3 heterocycles. The van der Waals surface area contributed by atoms with Crippen molar-refractivity contribution in [2.75, 3.05) is 25.4 Å². The van der Waals surface area contributed by atoms with Crippen LogP contribution in [0.25, 0.3) is 11.1 Å². The predicted molar refractivity (Wildman–Crippen MR) is 141 cm³/mol. The minimum absolute atomic E-state index is 0.0919. The van der Waals surface area contributed by atoms with E-state index in [4.69, 9.17) is 5.73 Å². The number of nitrogen functional groups attached to an aromatic ring is 1. The summed E-state index contributed by atoms with van der Waals surface area (Å²) in [7, 11) is 0. The van der Waals surface area contributed by atoms with Gasteiger partial charge in [0.2, 0.25) is 0 Å². The Labute approximate surface area is 212 Å². The summed E-state index contributed by atoms with van der Waals surface area (Å²) in [5, 5.41) is 0. The second kappa shape index (κ2) is 10.9. The fourth-order valence-corrected chi connectivity index (χ4v) is 4.72. The first-order chi connectivity index (χ1) is 17.3. The number of hydrogen-bond acceptors (Lipinski definition) is 5. The minimum atomic E-state index is -0.534. The fourth-order valence-electron chi connectivity index (χ4n) is 4.72. The number of nitrogens with zero attached hydrogens (tertiary/aromatic N) is 4. The maximum Gasteiger partial charge on any atom is 0.256 e. The SMILES string of the molecule is CCc1nccc(-c2ccc(C(=O)N3CCN(C(C)C)C(C)C3)c(F)c2)c1C#Cc1ccc(N)nc1. The van der Waals surface area contributed by atoms with Gasteiger partial charge in [-0.1, -0.05) is 24.8 Å². The smallest absolute Gasteiger partial charge is 0.256 e. The molecule has 2 N–H and O–H groups in total. The van der Waals surface area contributed by atoms with Crippen molar-refractivity contribution in [3.8, 4) is 23.0 Å². The zero-order valence-electron chi connectivity index (χ0n) is 21.3. The van der Waals surface area contributed by atoms with Gasteiger partial charge in [0.25, 0.3) is 5.91 Å². The molecule has 7 heteroatoms. The standard InChI is InChI=1S/C29H32FN5O/c1-5-27-24(9-6-21-7-11-28(31)33-17-21)23(12-13-32-27)22-8-10-25(26(30)16-22)29(36)34-14-15-35(19(2)3)20(4)18-34/h7-8,10-13,16-17,19-20H,5,14-15,18H2,1-4H3,(H2,31,33). The first kappa shape index (κ1) is 25.3. The maximum absolute atomic E-state index is 15.3. The number of aryl methyl sites for hydroxylation is 1. The molecule has 4 rings (SSSR count). The highest BCUT2D eigenvalue weighted by atomic mass is 19.1. The zero-order chi connectivity index (χ0) is 25.8. The molecule has 1 aromatic carbocycles. The molecule has 186 valence electrons. The highest BCUT2D eigenvalue weighted by Crippen LogP contribution is 2.28. The van der Waals surface area contributed by atoms with E-state index in [0.717, 1.165) is 28.9 Å². The number of aromatic nitrogens is 2. The summed E-state index contributed by atoms with van der Waals surface area (Å²) in [4.78, 5) is 25.8. The van der Waals surface area contributed by atoms with Crippen LogP contribution in [0, 0.1) is 17.7 Å². The third-order valence-electron chi connectivity index (χ3n) is 6.62. The average molecular weight is 486 g/mol. The molecule has 0 saturated carbocycles. The quantitative estimate of drug-likeness (QED) is 0.555. The van der Waals surface area contributed by atoms with E-state index < -0.39 is 5.82 Å². The number of halogens is 1. The lowest BCUT2D eigenvalue weighted by atomic mass is 9.96. The van der Waals surface area contributed by atoms with E-state index in [1.165, 1.54) is 6.07 Å². The molecule has 0 bridgehead atoms. The van der Waals surface area contributed by atoms with E-state index in [-0.39, 0.29) is 17.5 Å². The van der Waals surface area contributed by atoms with Gasteiger partial charge in [-0.2, -0.15) is 0 Å². The Morgan fingerprint density at radius 1 is 1.17 bits per heavy atom. The van der Waals surface area contributed by atoms with Gasteiger partial charge in [-0.3, -0.25) is 14.7 Å². The molecular weight excluding hydrogens is 453 g/mol. The fraction of sp³-hybridized carbons (Fsp3) is 0.345. The van der Waals surface area contributed by atoms with Crippen molar-refractivity contribution < 1.29 is 9.18 Å². The van der Waals surface area contributed by atoms with Gasteiger partial charge in [0.1, 0.15) is 11.6 Å². The first-order valence-corrected chi connectivity index (χ1v) is 12.3. The average Bonchev–Trinajstić information content (AvgIpc) is 2.87. The van der Waals surface area contributed by atoms with Gasteiger partial charge in [0.15, 0.2) is 0 Å². The van der Waals surface area contributed by atoms with Crippen LogP contribution in [0.15, 0.2) is 48.8 Å². The number of benzene rings is 1. The normalized spacial score (nSPS) is 16.1. The van der Waals surface area contributed by atoms with Gasteiger partial charge >= 0.3 is 0 Å². The molecule has 0 radical (unpaired) electrons. The second-order valence-corrected chi connectivity index (χ2v) is 9.38. The summed E-state index contributed by atoms with van der Waals surface area (Å²) >= 11 is 0. The van der Waals surface area contributed by atoms with Crippen molar-refractivity contribution in [2.24, 2.45) is 0 Å². The van der Waals surface area contributed by atoms with Crippen molar-refractivity contribution in [1.82, 2.24) is 19.8 Å². The van der Waals surface area contributed by atoms with Crippen molar-refractivity contribution in [3.63, 3.8) is 0 Å². The lowest BCUT2D eigenvalue weighted by Gasteiger charge is -2.42. The molecule has 1 aliphatic rings. The summed E-state index contributed by atoms with van der Waals surface area (Å²) in [5.74, 6) is 5.93. The molecule has 1 fully saturated rings. The zero-order valence-corrected chi connectivity index (χ0v) is 21.3. The first-order valence-electron chi connectivity index (χ1n) is 12.3. The molecule has 0 spiro atoms. The Hall–Kier alpha value is -3.76. The molecule has 1 atom stereocenters. The van der Waals surface area contributed by atoms with Gasteiger partial charge < -0.3 is 10.6 Å². The summed E-state index contributed by atoms with van der Waals surface area (Å²) in [5.41, 5.74) is 9.46. The lowest BCUT2D eigenvalue weighted by Crippen LogP contribution is -2.55. The number of piperazine rings is 1. The van der Waals surface area contributed by atoms with E-state index in [2.05, 4.69) is 47.5 Å². The Morgan fingerprint density at radius 2 is 1.97 bits per heavy atom. The van der Waals surface area contributed by atoms with Crippen molar-refractivity contribution in [2.45, 2.75) is 46.2 Å². The van der Waals surface area contributed by atoms with Gasteiger partial charge in [0, 0.05) is 55.2 Å². The predicted octanol–water partition coefficient (Wildman–Crippen LogP) is 4.38. The highest BCUT2D eigenvalue weighted by molar-refractivity contribution is 5.95. The number of amides is 1. The van der Waals surface area contributed by atoms with E-state index in [1.54, 1.807) is 41.6 Å². The van der Waals surface area contributed by atoms with Crippen LogP contribution < -0.4 is 5.73 Å². The Bertz CT molecular complexity index is 1310. The third kappa shape index (κ3) is 5.39. The molecular formula is C29H32FN5O. The van der Waals surface area contributed by atoms with E-state index in [9.17, 15) is 4.79 Å². The van der Waals surface area contributed by atoms with Gasteiger partial charge in [-0.25, -0.2) is 9.37 Å². The Morgan fingerprint density at radius 3 is 2.61 bits per heavy atom. The van der Waals surface area contributed by atoms with Gasteiger partial charge in [-0.15, -0.1) is 0 Å². The highest BCUT2D eigenvalue weighted by Gasteiger charge is 2.29. The number of carbonyl (C=O) groups is 1. The minimum Gasteiger partial charge on any atom is -0.384 e. The summed E-state index contributed by atoms with van der Waals surface area (Å²) in [6, 6.07) is 10.8. The van der Waals surface area contributed by atoms with Gasteiger partial charge in [-0.05, 0) is 63.1 Å². The van der Waals surface area contributed by atoms with Crippen molar-refractivity contribution in [1.29, 1.82) is 0 Å². The molecule has 36 heavy (non-hydrogen) atoms. The number of pyridine rings is 2. The van der Waals surface area contributed by atoms with Crippen LogP contribution in [0.5, 0.6) is 0 Å². The molecule has 6 nitrogen and oxygen atoms in total. The van der Waals surface area contributed by atoms with E-state index in [1.807, 2.05) is 13.0 Å². The molecule has 0 aliphatic carbocycles. The van der Waals surface area contributed by atoms with E-state index in [0.29, 0.717) is 36.9 Å². The maximum atomic E-state index is 15.3. The third-order valence-corrected chi connectivity index (χ3v) is 6.62. The molecule has 1 unspecified atom stereocenters. The molecule has 1 saturated heterocycles. The van der Waals surface area contributed by atoms with Crippen LogP contribution in [0.4, 0.5) is 10.2 Å². The summed E-state index contributed by atoms with van der Waals surface area (Å²) in [6.07, 6.45) is 4.00. The van der Waals surface area contributed by atoms with Gasteiger partial charge in [0.05, 0.1) is 16.8 Å². The van der Waals surface area contributed by atoms with Crippen LogP contribution in [-0.2, 0) is 6.42 Å². The molecule has 1 amide bonds. The lowest BCUT2D eigenvalue weighted by molar-refractivity contribution is 0.0423. The Balaban J connectivity index is 1.63. The van der Waals surface area contributed by atoms with Crippen LogP contribution in [0.2, 0.25) is 0 Å². The summed E-state index contributed by atoms with van der Waals surface area (Å²) in [6.45, 7) is 10.4. The van der Waals surface area contributed by atoms with Crippen LogP contribution in [-0.4, -0.2) is 57.4 Å². The second-order valence-electron chi connectivity index (χ2n) is 9.38. The molecule has 2 aromatic heterocycles. The van der Waals surface area contributed by atoms with Crippen molar-refractivity contribution >= 4 is 11.7 Å². The topological polar surface area (TPSA) is 75.4 Å². The molecule has 1 aliphatic heterocycles.